The molecule has 1 aliphatic heterocycles. The monoisotopic (exact) mass is 349 g/mol. The number of hydrogen-bond donors (Lipinski definition) is 1. The quantitative estimate of drug-likeness (QED) is 0.847. The molecular weight excluding hydrogens is 328 g/mol. The highest BCUT2D eigenvalue weighted by atomic mass is 32.2. The van der Waals surface area contributed by atoms with Crippen LogP contribution in [0.4, 0.5) is 5.88 Å². The summed E-state index contributed by atoms with van der Waals surface area (Å²) in [5.41, 5.74) is 0.496. The van der Waals surface area contributed by atoms with Crippen molar-refractivity contribution in [2.24, 2.45) is 0 Å². The van der Waals surface area contributed by atoms with Gasteiger partial charge in [-0.2, -0.15) is 11.8 Å². The number of anilines is 1. The maximum atomic E-state index is 12.3. The van der Waals surface area contributed by atoms with Crippen molar-refractivity contribution in [1.82, 2.24) is 5.27 Å². The van der Waals surface area contributed by atoms with Gasteiger partial charge in [0.05, 0.1) is 18.4 Å². The number of rotatable bonds is 4. The summed E-state index contributed by atoms with van der Waals surface area (Å²) in [6, 6.07) is 6.87. The van der Waals surface area contributed by atoms with Gasteiger partial charge in [0, 0.05) is 17.1 Å². The van der Waals surface area contributed by atoms with Crippen LogP contribution in [0.15, 0.2) is 35.0 Å². The number of nitrogens with one attached hydrogen (secondary N) is 1. The van der Waals surface area contributed by atoms with Crippen LogP contribution in [0.25, 0.3) is 0 Å². The highest BCUT2D eigenvalue weighted by molar-refractivity contribution is 7.99. The van der Waals surface area contributed by atoms with E-state index in [1.165, 1.54) is 0 Å². The molecule has 7 nitrogen and oxygen atoms in total. The van der Waals surface area contributed by atoms with E-state index in [1.54, 1.807) is 42.4 Å². The molecule has 1 amide bonds. The molecule has 2 heterocycles. The number of carbonyl (C=O) groups is 1. The van der Waals surface area contributed by atoms with Crippen LogP contribution in [0.2, 0.25) is 0 Å². The lowest BCUT2D eigenvalue weighted by molar-refractivity contribution is -0.764. The molecule has 1 saturated heterocycles. The zero-order chi connectivity index (χ0) is 17.2. The van der Waals surface area contributed by atoms with E-state index >= 15 is 0 Å². The first kappa shape index (κ1) is 16.6. The fourth-order valence-electron chi connectivity index (χ4n) is 2.56. The normalized spacial score (nSPS) is 16.7. The predicted octanol–water partition coefficient (Wildman–Crippen LogP) is 1.69. The van der Waals surface area contributed by atoms with Crippen LogP contribution in [0.1, 0.15) is 24.2 Å². The minimum absolute atomic E-state index is 0.0261. The lowest BCUT2D eigenvalue weighted by atomic mass is 10.1. The summed E-state index contributed by atoms with van der Waals surface area (Å²) in [6.45, 7) is 5.20. The van der Waals surface area contributed by atoms with Gasteiger partial charge < -0.3 is 4.74 Å². The van der Waals surface area contributed by atoms with E-state index in [9.17, 15) is 4.79 Å². The van der Waals surface area contributed by atoms with Crippen molar-refractivity contribution in [1.29, 1.82) is 0 Å². The maximum Gasteiger partial charge on any atom is 0.306 e. The first-order valence-corrected chi connectivity index (χ1v) is 8.85. The van der Waals surface area contributed by atoms with Gasteiger partial charge in [-0.3, -0.25) is 14.6 Å². The molecule has 0 atom stereocenters. The van der Waals surface area contributed by atoms with E-state index in [2.05, 4.69) is 29.4 Å². The Morgan fingerprint density at radius 2 is 2.17 bits per heavy atom. The van der Waals surface area contributed by atoms with Gasteiger partial charge in [0.2, 0.25) is 5.27 Å². The number of nitrogens with zero attached hydrogens (tertiary/aromatic N) is 3. The van der Waals surface area contributed by atoms with Gasteiger partial charge in [0.25, 0.3) is 12.1 Å². The molecule has 0 bridgehead atoms. The molecule has 24 heavy (non-hydrogen) atoms. The van der Waals surface area contributed by atoms with Gasteiger partial charge in [-0.1, -0.05) is 0 Å². The van der Waals surface area contributed by atoms with Crippen LogP contribution < -0.4 is 19.9 Å². The van der Waals surface area contributed by atoms with Crippen molar-refractivity contribution in [3.63, 3.8) is 0 Å². The molecular formula is C16H21N4O3S+. The first-order chi connectivity index (χ1) is 11.5. The molecule has 0 aliphatic carbocycles. The largest absolute Gasteiger partial charge is 0.497 e. The van der Waals surface area contributed by atoms with Crippen molar-refractivity contribution in [3.8, 4) is 5.75 Å². The summed E-state index contributed by atoms with van der Waals surface area (Å²) in [5, 5.41) is 8.89. The third-order valence-electron chi connectivity index (χ3n) is 3.89. The highest BCUT2D eigenvalue weighted by Gasteiger charge is 2.38. The highest BCUT2D eigenvalue weighted by Crippen LogP contribution is 2.22. The van der Waals surface area contributed by atoms with Gasteiger partial charge in [-0.25, -0.2) is 0 Å². The number of carbonyl (C=O) groups excluding carboxylic acids is 1. The van der Waals surface area contributed by atoms with E-state index in [-0.39, 0.29) is 11.4 Å². The molecule has 3 rings (SSSR count). The van der Waals surface area contributed by atoms with Gasteiger partial charge in [-0.05, 0) is 38.1 Å². The maximum absolute atomic E-state index is 12.3. The minimum atomic E-state index is -0.255. The molecule has 1 aliphatic rings. The summed E-state index contributed by atoms with van der Waals surface area (Å²) in [7, 11) is 1.59. The molecule has 0 radical (unpaired) electrons. The van der Waals surface area contributed by atoms with E-state index in [1.807, 2.05) is 11.8 Å². The number of ether oxygens (including phenoxy) is 1. The summed E-state index contributed by atoms with van der Waals surface area (Å²) >= 11 is 1.92. The predicted molar refractivity (Wildman–Crippen MR) is 92.1 cm³/mol. The first-order valence-electron chi connectivity index (χ1n) is 7.69. The Labute approximate surface area is 144 Å². The van der Waals surface area contributed by atoms with Gasteiger partial charge in [0.1, 0.15) is 11.3 Å². The van der Waals surface area contributed by atoms with Gasteiger partial charge in [-0.15, -0.1) is 5.01 Å². The van der Waals surface area contributed by atoms with Crippen LogP contribution >= 0.6 is 11.8 Å². The van der Waals surface area contributed by atoms with Gasteiger partial charge in [0.15, 0.2) is 0 Å². The number of hydrogen-bond acceptors (Lipinski definition) is 6. The van der Waals surface area contributed by atoms with Crippen molar-refractivity contribution in [2.75, 3.05) is 35.5 Å². The summed E-state index contributed by atoms with van der Waals surface area (Å²) in [6.07, 6.45) is 1.69. The number of aromatic nitrogens is 2. The Hall–Kier alpha value is -2.22. The van der Waals surface area contributed by atoms with Crippen LogP contribution in [0.5, 0.6) is 5.75 Å². The third kappa shape index (κ3) is 3.48. The van der Waals surface area contributed by atoms with Crippen molar-refractivity contribution in [2.45, 2.75) is 19.4 Å². The second kappa shape index (κ2) is 6.72. The molecule has 0 unspecified atom stereocenters. The average molecular weight is 349 g/mol. The number of thioether (sulfide) groups is 1. The molecule has 1 aromatic carbocycles. The fourth-order valence-corrected chi connectivity index (χ4v) is 3.66. The SMILES string of the molecule is COc1ccc(C(=O)Nc2c[n+](N3CCSCC3(C)C)no2)cc1. The topological polar surface area (TPSA) is 71.5 Å². The third-order valence-corrected chi connectivity index (χ3v) is 5.28. The molecule has 0 spiro atoms. The zero-order valence-electron chi connectivity index (χ0n) is 14.0. The molecule has 8 heteroatoms. The van der Waals surface area contributed by atoms with E-state index in [0.717, 1.165) is 18.1 Å². The number of methoxy groups -OCH3 is 1. The molecule has 128 valence electrons. The smallest absolute Gasteiger partial charge is 0.306 e. The number of amides is 1. The average Bonchev–Trinajstić information content (AvgIpc) is 3.02. The Morgan fingerprint density at radius 3 is 2.83 bits per heavy atom. The van der Waals surface area contributed by atoms with Crippen molar-refractivity contribution >= 4 is 23.6 Å². The molecule has 1 aromatic heterocycles. The molecule has 1 fully saturated rings. The molecule has 1 N–H and O–H groups in total. The second-order valence-corrected chi connectivity index (χ2v) is 7.26. The Bertz CT molecular complexity index is 714. The van der Waals surface area contributed by atoms with Crippen LogP contribution in [0, 0.1) is 0 Å². The lowest BCUT2D eigenvalue weighted by Gasteiger charge is -2.34. The van der Waals surface area contributed by atoms with Crippen LogP contribution in [-0.2, 0) is 0 Å². The molecule has 0 saturated carbocycles. The van der Waals surface area contributed by atoms with Gasteiger partial charge >= 0.3 is 5.88 Å². The second-order valence-electron chi connectivity index (χ2n) is 6.16. The standard InChI is InChI=1S/C16H20N4O3S/c1-16(2)11-24-9-8-19(16)20-10-14(23-18-20)17-15(21)12-4-6-13(22-3)7-5-12/h4-7,10H,8-9,11H2,1-3H3/p+1. The van der Waals surface area contributed by atoms with E-state index < -0.39 is 0 Å². The van der Waals surface area contributed by atoms with Crippen molar-refractivity contribution in [3.05, 3.63) is 36.0 Å². The van der Waals surface area contributed by atoms with E-state index in [4.69, 9.17) is 9.26 Å². The van der Waals surface area contributed by atoms with Crippen molar-refractivity contribution < 1.29 is 18.8 Å². The Morgan fingerprint density at radius 1 is 1.42 bits per heavy atom. The number of benzene rings is 1. The fraction of sp³-hybridized carbons (Fsp3) is 0.438. The Balaban J connectivity index is 1.70. The summed E-state index contributed by atoms with van der Waals surface area (Å²) in [5.74, 6) is 2.81. The summed E-state index contributed by atoms with van der Waals surface area (Å²) < 4.78 is 10.3. The van der Waals surface area contributed by atoms with Crippen LogP contribution in [0.3, 0.4) is 0 Å². The lowest BCUT2D eigenvalue weighted by Crippen LogP contribution is -2.70. The minimum Gasteiger partial charge on any atom is -0.497 e. The van der Waals surface area contributed by atoms with Crippen LogP contribution in [-0.4, -0.2) is 41.9 Å². The molecule has 2 aromatic rings. The van der Waals surface area contributed by atoms with E-state index in [0.29, 0.717) is 17.2 Å². The summed E-state index contributed by atoms with van der Waals surface area (Å²) in [4.78, 5) is 13.9. The Kier molecular flexibility index (Phi) is 4.66. The zero-order valence-corrected chi connectivity index (χ0v) is 14.8.